The van der Waals surface area contributed by atoms with E-state index in [2.05, 4.69) is 17.7 Å². The lowest BCUT2D eigenvalue weighted by Gasteiger charge is -2.27. The van der Waals surface area contributed by atoms with Gasteiger partial charge in [-0.15, -0.1) is 11.3 Å². The Hall–Kier alpha value is -2.83. The summed E-state index contributed by atoms with van der Waals surface area (Å²) in [4.78, 5) is 15.7. The highest BCUT2D eigenvalue weighted by Crippen LogP contribution is 2.39. The van der Waals surface area contributed by atoms with Gasteiger partial charge >= 0.3 is 0 Å². The fourth-order valence-corrected chi connectivity index (χ4v) is 5.41. The van der Waals surface area contributed by atoms with Crippen LogP contribution in [-0.2, 0) is 19.6 Å². The molecule has 1 aromatic heterocycles. The number of amides is 1. The molecule has 3 aromatic rings. The first kappa shape index (κ1) is 18.2. The molecule has 0 spiro atoms. The smallest absolute Gasteiger partial charge is 0.256 e. The average molecular weight is 407 g/mol. The zero-order valence-corrected chi connectivity index (χ0v) is 17.1. The van der Waals surface area contributed by atoms with E-state index in [0.29, 0.717) is 6.61 Å². The van der Waals surface area contributed by atoms with Crippen molar-refractivity contribution in [3.63, 3.8) is 0 Å². The summed E-state index contributed by atoms with van der Waals surface area (Å²) in [5, 5.41) is 7.66. The van der Waals surface area contributed by atoms with E-state index in [9.17, 15) is 4.79 Å². The van der Waals surface area contributed by atoms with Crippen LogP contribution < -0.4 is 20.3 Å². The fraction of sp³-hybridized carbons (Fsp3) is 0.261. The monoisotopic (exact) mass is 406 g/mol. The molecule has 0 bridgehead atoms. The van der Waals surface area contributed by atoms with Crippen LogP contribution in [0.4, 0.5) is 5.00 Å². The lowest BCUT2D eigenvalue weighted by molar-refractivity contribution is -0.895. The van der Waals surface area contributed by atoms with E-state index in [0.717, 1.165) is 47.0 Å². The van der Waals surface area contributed by atoms with Gasteiger partial charge in [-0.05, 0) is 28.8 Å². The molecule has 2 atom stereocenters. The molecule has 2 aromatic carbocycles. The van der Waals surface area contributed by atoms with Crippen LogP contribution in [-0.4, -0.2) is 19.5 Å². The van der Waals surface area contributed by atoms with Gasteiger partial charge in [0.15, 0.2) is 0 Å². The molecule has 1 amide bonds. The molecule has 2 aliphatic rings. The summed E-state index contributed by atoms with van der Waals surface area (Å²) in [5.74, 6) is 0.820. The van der Waals surface area contributed by atoms with Crippen molar-refractivity contribution in [3.05, 3.63) is 81.7 Å². The number of anilines is 1. The van der Waals surface area contributed by atoms with E-state index in [1.54, 1.807) is 11.3 Å². The molecule has 2 unspecified atom stereocenters. The Balaban J connectivity index is 1.35. The third-order valence-corrected chi connectivity index (χ3v) is 6.74. The van der Waals surface area contributed by atoms with E-state index in [4.69, 9.17) is 4.74 Å². The molecule has 0 saturated carbocycles. The first-order valence-corrected chi connectivity index (χ1v) is 10.8. The highest BCUT2D eigenvalue weighted by Gasteiger charge is 2.33. The van der Waals surface area contributed by atoms with Crippen LogP contribution in [0.3, 0.4) is 0 Å². The number of fused-ring (bicyclic) bond motifs is 3. The Morgan fingerprint density at radius 3 is 2.86 bits per heavy atom. The number of nitrogens with one attached hydrogen (secondary N) is 3. The van der Waals surface area contributed by atoms with Crippen LogP contribution in [0.1, 0.15) is 38.1 Å². The van der Waals surface area contributed by atoms with Crippen molar-refractivity contribution in [2.45, 2.75) is 25.7 Å². The topological polar surface area (TPSA) is 54.8 Å². The van der Waals surface area contributed by atoms with Crippen molar-refractivity contribution in [3.8, 4) is 5.75 Å². The van der Waals surface area contributed by atoms with Gasteiger partial charge in [-0.3, -0.25) is 4.79 Å². The molecule has 5 nitrogen and oxygen atoms in total. The third-order valence-electron chi connectivity index (χ3n) is 5.57. The molecule has 5 rings (SSSR count). The number of carbonyl (C=O) groups excluding carboxylic acids is 1. The molecule has 2 aliphatic heterocycles. The number of likely N-dealkylation sites (N-methyl/N-ethyl adjacent to an activating group) is 1. The molecule has 0 fully saturated rings. The molecule has 0 saturated heterocycles. The number of benzene rings is 2. The van der Waals surface area contributed by atoms with Crippen LogP contribution in [0, 0.1) is 0 Å². The van der Waals surface area contributed by atoms with E-state index < -0.39 is 0 Å². The predicted molar refractivity (Wildman–Crippen MR) is 115 cm³/mol. The summed E-state index contributed by atoms with van der Waals surface area (Å²) in [6.07, 6.45) is 0.718. The maximum absolute atomic E-state index is 12.9. The Labute approximate surface area is 174 Å². The molecule has 0 radical (unpaired) electrons. The summed E-state index contributed by atoms with van der Waals surface area (Å²) < 4.78 is 5.96. The number of rotatable bonds is 4. The van der Waals surface area contributed by atoms with E-state index >= 15 is 0 Å². The number of thiophene rings is 1. The number of hydrogen-bond donors (Lipinski definition) is 3. The number of quaternary nitrogens is 1. The van der Waals surface area contributed by atoms with Gasteiger partial charge in [-0.2, -0.15) is 0 Å². The predicted octanol–water partition coefficient (Wildman–Crippen LogP) is 2.75. The van der Waals surface area contributed by atoms with Gasteiger partial charge in [0.05, 0.1) is 24.0 Å². The fourth-order valence-electron chi connectivity index (χ4n) is 4.02. The van der Waals surface area contributed by atoms with Crippen molar-refractivity contribution in [1.29, 1.82) is 0 Å². The van der Waals surface area contributed by atoms with E-state index in [1.165, 1.54) is 15.3 Å². The molecule has 148 valence electrons. The van der Waals surface area contributed by atoms with E-state index in [1.807, 2.05) is 54.6 Å². The third kappa shape index (κ3) is 3.61. The zero-order valence-electron chi connectivity index (χ0n) is 16.3. The van der Waals surface area contributed by atoms with Gasteiger partial charge < -0.3 is 20.3 Å². The molecule has 29 heavy (non-hydrogen) atoms. The van der Waals surface area contributed by atoms with Gasteiger partial charge in [0.2, 0.25) is 0 Å². The summed E-state index contributed by atoms with van der Waals surface area (Å²) in [6, 6.07) is 18.0. The highest BCUT2D eigenvalue weighted by molar-refractivity contribution is 7.16. The Morgan fingerprint density at radius 2 is 2.00 bits per heavy atom. The summed E-state index contributed by atoms with van der Waals surface area (Å²) in [6.45, 7) is 2.59. The lowest BCUT2D eigenvalue weighted by atomic mass is 10.0. The average Bonchev–Trinajstić information content (AvgIpc) is 3.11. The number of ether oxygens (including phenoxy) is 1. The second kappa shape index (κ2) is 7.54. The van der Waals surface area contributed by atoms with Gasteiger partial charge in [0.1, 0.15) is 30.1 Å². The second-order valence-corrected chi connectivity index (χ2v) is 8.84. The minimum absolute atomic E-state index is 0.0245. The summed E-state index contributed by atoms with van der Waals surface area (Å²) >= 11 is 1.73. The van der Waals surface area contributed by atoms with Crippen LogP contribution in [0.2, 0.25) is 0 Å². The SMILES string of the molecule is C[NH+]1CCc2c(sc3c2C(=O)NC(c2cccc(OCc4ccccc4)c2)N3)C1. The lowest BCUT2D eigenvalue weighted by Crippen LogP contribution is -3.08. The van der Waals surface area contributed by atoms with Gasteiger partial charge in [-0.1, -0.05) is 42.5 Å². The Kier molecular flexibility index (Phi) is 4.73. The minimum atomic E-state index is -0.250. The van der Waals surface area contributed by atoms with Crippen molar-refractivity contribution in [2.75, 3.05) is 18.9 Å². The summed E-state index contributed by atoms with van der Waals surface area (Å²) in [7, 11) is 2.21. The van der Waals surface area contributed by atoms with Crippen LogP contribution >= 0.6 is 11.3 Å². The molecular weight excluding hydrogens is 382 g/mol. The summed E-state index contributed by atoms with van der Waals surface area (Å²) in [5.41, 5.74) is 4.20. The zero-order chi connectivity index (χ0) is 19.8. The molecule has 3 N–H and O–H groups in total. The molecule has 0 aliphatic carbocycles. The van der Waals surface area contributed by atoms with Crippen LogP contribution in [0.15, 0.2) is 54.6 Å². The van der Waals surface area contributed by atoms with Gasteiger partial charge in [0, 0.05) is 6.42 Å². The van der Waals surface area contributed by atoms with Crippen LogP contribution in [0.5, 0.6) is 5.75 Å². The molecule has 3 heterocycles. The van der Waals surface area contributed by atoms with Crippen molar-refractivity contribution in [2.24, 2.45) is 0 Å². The quantitative estimate of drug-likeness (QED) is 0.625. The second-order valence-electron chi connectivity index (χ2n) is 7.74. The Bertz CT molecular complexity index is 1050. The molecule has 6 heteroatoms. The minimum Gasteiger partial charge on any atom is -0.489 e. The first-order valence-electron chi connectivity index (χ1n) is 9.97. The van der Waals surface area contributed by atoms with Crippen molar-refractivity contribution < 1.29 is 14.4 Å². The Morgan fingerprint density at radius 1 is 1.14 bits per heavy atom. The van der Waals surface area contributed by atoms with Crippen LogP contribution in [0.25, 0.3) is 0 Å². The van der Waals surface area contributed by atoms with E-state index in [-0.39, 0.29) is 12.1 Å². The number of hydrogen-bond acceptors (Lipinski definition) is 4. The van der Waals surface area contributed by atoms with Gasteiger partial charge in [-0.25, -0.2) is 0 Å². The van der Waals surface area contributed by atoms with Gasteiger partial charge in [0.25, 0.3) is 5.91 Å². The first-order chi connectivity index (χ1) is 14.2. The maximum atomic E-state index is 12.9. The largest absolute Gasteiger partial charge is 0.489 e. The standard InChI is InChI=1S/C23H23N3O2S/c1-26-11-10-18-19(13-26)29-23-20(18)22(27)24-21(25-23)16-8-5-9-17(12-16)28-14-15-6-3-2-4-7-15/h2-9,12,21,25H,10-11,13-14H2,1H3,(H,24,27)/p+1. The van der Waals surface area contributed by atoms with Crippen molar-refractivity contribution in [1.82, 2.24) is 5.32 Å². The maximum Gasteiger partial charge on any atom is 0.256 e. The number of carbonyl (C=O) groups is 1. The highest BCUT2D eigenvalue weighted by atomic mass is 32.1. The van der Waals surface area contributed by atoms with Crippen molar-refractivity contribution >= 4 is 22.2 Å². The molecular formula is C23H24N3O2S+. The normalized spacial score (nSPS) is 20.2.